The number of hydrogen-bond acceptors (Lipinski definition) is 2. The van der Waals surface area contributed by atoms with Gasteiger partial charge in [-0.2, -0.15) is 8.78 Å². The summed E-state index contributed by atoms with van der Waals surface area (Å²) in [5.74, 6) is 0.192. The van der Waals surface area contributed by atoms with Crippen LogP contribution in [0.2, 0.25) is 0 Å². The highest BCUT2D eigenvalue weighted by molar-refractivity contribution is 9.10. The van der Waals surface area contributed by atoms with Gasteiger partial charge in [0.2, 0.25) is 0 Å². The van der Waals surface area contributed by atoms with Gasteiger partial charge in [0.05, 0.1) is 4.47 Å². The average molecular weight is 266 g/mol. The number of nitrogens with one attached hydrogen (secondary N) is 1. The molecule has 0 aliphatic heterocycles. The molecule has 78 valence electrons. The van der Waals surface area contributed by atoms with E-state index in [1.807, 2.05) is 0 Å². The van der Waals surface area contributed by atoms with E-state index in [-0.39, 0.29) is 5.75 Å². The zero-order valence-electron chi connectivity index (χ0n) is 7.56. The molecule has 0 amide bonds. The normalized spacial score (nSPS) is 10.6. The summed E-state index contributed by atoms with van der Waals surface area (Å²) in [6.07, 6.45) is 0. The highest BCUT2D eigenvalue weighted by Gasteiger charge is 2.12. The summed E-state index contributed by atoms with van der Waals surface area (Å²) in [5, 5.41) is 2.88. The van der Waals surface area contributed by atoms with Crippen molar-refractivity contribution in [2.75, 3.05) is 7.05 Å². The molecule has 1 aromatic carbocycles. The molecule has 0 spiro atoms. The molecule has 14 heavy (non-hydrogen) atoms. The zero-order valence-corrected chi connectivity index (χ0v) is 9.14. The van der Waals surface area contributed by atoms with Crippen molar-refractivity contribution in [2.45, 2.75) is 13.2 Å². The molecule has 2 nitrogen and oxygen atoms in total. The van der Waals surface area contributed by atoms with Crippen molar-refractivity contribution in [3.63, 3.8) is 0 Å². The third kappa shape index (κ3) is 2.92. The van der Waals surface area contributed by atoms with Crippen LogP contribution in [-0.4, -0.2) is 13.7 Å². The lowest BCUT2D eigenvalue weighted by atomic mass is 10.2. The number of benzene rings is 1. The largest absolute Gasteiger partial charge is 0.433 e. The molecule has 1 rings (SSSR count). The Hall–Kier alpha value is -0.680. The van der Waals surface area contributed by atoms with E-state index >= 15 is 0 Å². The van der Waals surface area contributed by atoms with Crippen molar-refractivity contribution in [3.8, 4) is 5.75 Å². The molecule has 1 N–H and O–H groups in total. The van der Waals surface area contributed by atoms with Crippen molar-refractivity contribution in [1.82, 2.24) is 5.32 Å². The van der Waals surface area contributed by atoms with Crippen LogP contribution >= 0.6 is 15.9 Å². The summed E-state index contributed by atoms with van der Waals surface area (Å²) in [5.41, 5.74) is 0.696. The fraction of sp³-hybridized carbons (Fsp3) is 0.333. The maximum atomic E-state index is 12.1. The second-order valence-electron chi connectivity index (χ2n) is 2.64. The first-order valence-corrected chi connectivity index (χ1v) is 4.81. The number of rotatable bonds is 4. The maximum absolute atomic E-state index is 12.1. The molecule has 5 heteroatoms. The third-order valence-electron chi connectivity index (χ3n) is 1.62. The Labute approximate surface area is 89.4 Å². The number of para-hydroxylation sites is 1. The molecule has 0 heterocycles. The van der Waals surface area contributed by atoms with Crippen LogP contribution in [-0.2, 0) is 6.54 Å². The second kappa shape index (κ2) is 5.26. The van der Waals surface area contributed by atoms with E-state index in [0.717, 1.165) is 0 Å². The topological polar surface area (TPSA) is 21.3 Å². The highest BCUT2D eigenvalue weighted by atomic mass is 79.9. The number of halogens is 3. The van der Waals surface area contributed by atoms with Crippen LogP contribution in [0.1, 0.15) is 5.56 Å². The minimum absolute atomic E-state index is 0.192. The maximum Gasteiger partial charge on any atom is 0.387 e. The fourth-order valence-corrected chi connectivity index (χ4v) is 1.60. The van der Waals surface area contributed by atoms with Gasteiger partial charge in [0.1, 0.15) is 5.75 Å². The van der Waals surface area contributed by atoms with Gasteiger partial charge < -0.3 is 10.1 Å². The molecule has 0 fully saturated rings. The lowest BCUT2D eigenvalue weighted by molar-refractivity contribution is -0.0510. The van der Waals surface area contributed by atoms with Gasteiger partial charge in [-0.1, -0.05) is 12.1 Å². The zero-order chi connectivity index (χ0) is 10.6. The van der Waals surface area contributed by atoms with E-state index < -0.39 is 6.61 Å². The first kappa shape index (κ1) is 11.4. The predicted octanol–water partition coefficient (Wildman–Crippen LogP) is 2.77. The molecule has 0 saturated carbocycles. The molecule has 0 aliphatic rings. The summed E-state index contributed by atoms with van der Waals surface area (Å²) in [6.45, 7) is -2.31. The van der Waals surface area contributed by atoms with Crippen molar-refractivity contribution in [2.24, 2.45) is 0 Å². The Morgan fingerprint density at radius 1 is 1.50 bits per heavy atom. The Morgan fingerprint density at radius 3 is 2.79 bits per heavy atom. The lowest BCUT2D eigenvalue weighted by Crippen LogP contribution is -2.10. The molecule has 0 unspecified atom stereocenters. The monoisotopic (exact) mass is 265 g/mol. The van der Waals surface area contributed by atoms with Gasteiger partial charge in [0, 0.05) is 12.1 Å². The molecular formula is C9H10BrF2NO. The second-order valence-corrected chi connectivity index (χ2v) is 3.49. The molecule has 0 bridgehead atoms. The van der Waals surface area contributed by atoms with Gasteiger partial charge >= 0.3 is 6.61 Å². The minimum atomic E-state index is -2.80. The number of hydrogen-bond donors (Lipinski definition) is 1. The van der Waals surface area contributed by atoms with Crippen molar-refractivity contribution in [3.05, 3.63) is 28.2 Å². The van der Waals surface area contributed by atoms with E-state index in [1.165, 1.54) is 0 Å². The van der Waals surface area contributed by atoms with Crippen LogP contribution < -0.4 is 10.1 Å². The van der Waals surface area contributed by atoms with Gasteiger partial charge in [0.15, 0.2) is 0 Å². The predicted molar refractivity (Wildman–Crippen MR) is 53.5 cm³/mol. The SMILES string of the molecule is CNCc1cccc(Br)c1OC(F)F. The average Bonchev–Trinajstić information content (AvgIpc) is 2.11. The smallest absolute Gasteiger partial charge is 0.387 e. The number of alkyl halides is 2. The van der Waals surface area contributed by atoms with Crippen molar-refractivity contribution in [1.29, 1.82) is 0 Å². The van der Waals surface area contributed by atoms with E-state index in [0.29, 0.717) is 16.6 Å². The summed E-state index contributed by atoms with van der Waals surface area (Å²) >= 11 is 3.16. The Bertz CT molecular complexity index is 307. The summed E-state index contributed by atoms with van der Waals surface area (Å²) in [4.78, 5) is 0. The summed E-state index contributed by atoms with van der Waals surface area (Å²) in [6, 6.07) is 5.17. The van der Waals surface area contributed by atoms with E-state index in [1.54, 1.807) is 25.2 Å². The quantitative estimate of drug-likeness (QED) is 0.904. The van der Waals surface area contributed by atoms with Crippen LogP contribution in [0.3, 0.4) is 0 Å². The minimum Gasteiger partial charge on any atom is -0.433 e. The van der Waals surface area contributed by atoms with Gasteiger partial charge in [-0.15, -0.1) is 0 Å². The lowest BCUT2D eigenvalue weighted by Gasteiger charge is -2.11. The van der Waals surface area contributed by atoms with Gasteiger partial charge in [-0.25, -0.2) is 0 Å². The molecule has 0 aromatic heterocycles. The fourth-order valence-electron chi connectivity index (χ4n) is 1.10. The molecule has 1 aromatic rings. The first-order valence-electron chi connectivity index (χ1n) is 4.02. The van der Waals surface area contributed by atoms with Crippen LogP contribution in [0.15, 0.2) is 22.7 Å². The van der Waals surface area contributed by atoms with Crippen molar-refractivity contribution < 1.29 is 13.5 Å². The van der Waals surface area contributed by atoms with Gasteiger partial charge in [-0.05, 0) is 29.0 Å². The molecule has 0 radical (unpaired) electrons. The van der Waals surface area contributed by atoms with E-state index in [2.05, 4.69) is 26.0 Å². The van der Waals surface area contributed by atoms with Crippen molar-refractivity contribution >= 4 is 15.9 Å². The molecule has 0 saturated heterocycles. The van der Waals surface area contributed by atoms with Crippen LogP contribution in [0.5, 0.6) is 5.75 Å². The van der Waals surface area contributed by atoms with Gasteiger partial charge in [0.25, 0.3) is 0 Å². The van der Waals surface area contributed by atoms with E-state index in [9.17, 15) is 8.78 Å². The Morgan fingerprint density at radius 2 is 2.21 bits per heavy atom. The van der Waals surface area contributed by atoms with E-state index in [4.69, 9.17) is 0 Å². The summed E-state index contributed by atoms with van der Waals surface area (Å²) in [7, 11) is 1.74. The van der Waals surface area contributed by atoms with Gasteiger partial charge in [-0.3, -0.25) is 0 Å². The highest BCUT2D eigenvalue weighted by Crippen LogP contribution is 2.30. The Kier molecular flexibility index (Phi) is 4.28. The first-order chi connectivity index (χ1) is 6.65. The third-order valence-corrected chi connectivity index (χ3v) is 2.25. The summed E-state index contributed by atoms with van der Waals surface area (Å²) < 4.78 is 29.1. The van der Waals surface area contributed by atoms with Crippen LogP contribution in [0.4, 0.5) is 8.78 Å². The Balaban J connectivity index is 2.96. The standard InChI is InChI=1S/C9H10BrF2NO/c1-13-5-6-3-2-4-7(10)8(6)14-9(11)12/h2-4,9,13H,5H2,1H3. The molecule has 0 atom stereocenters. The van der Waals surface area contributed by atoms with Crippen LogP contribution in [0, 0.1) is 0 Å². The van der Waals surface area contributed by atoms with Crippen LogP contribution in [0.25, 0.3) is 0 Å². The molecule has 0 aliphatic carbocycles. The molecular weight excluding hydrogens is 256 g/mol. The number of ether oxygens (including phenoxy) is 1.